The van der Waals surface area contributed by atoms with Gasteiger partial charge in [-0.3, -0.25) is 9.59 Å². The van der Waals surface area contributed by atoms with E-state index in [-0.39, 0.29) is 5.82 Å². The number of amides is 2. The second kappa shape index (κ2) is 7.31. The first kappa shape index (κ1) is 15.6. The fourth-order valence-corrected chi connectivity index (χ4v) is 1.77. The summed E-state index contributed by atoms with van der Waals surface area (Å²) in [5, 5.41) is 4.92. The Hall–Kier alpha value is -2.76. The summed E-state index contributed by atoms with van der Waals surface area (Å²) in [6.45, 7) is 2.17. The molecule has 22 heavy (non-hydrogen) atoms. The van der Waals surface area contributed by atoms with E-state index in [4.69, 9.17) is 0 Å². The summed E-state index contributed by atoms with van der Waals surface area (Å²) in [5.41, 5.74) is 1.84. The van der Waals surface area contributed by atoms with Gasteiger partial charge in [-0.25, -0.2) is 9.37 Å². The number of nitrogens with one attached hydrogen (secondary N) is 2. The van der Waals surface area contributed by atoms with E-state index in [1.165, 1.54) is 12.1 Å². The SMILES string of the molecule is Cc1ccc(NC(=O)C(=O)NCCc2ccc(F)cc2)nc1. The molecule has 6 heteroatoms. The molecule has 5 nitrogen and oxygen atoms in total. The van der Waals surface area contributed by atoms with Crippen LogP contribution in [0.4, 0.5) is 10.2 Å². The van der Waals surface area contributed by atoms with Crippen molar-refractivity contribution >= 4 is 17.6 Å². The molecule has 0 aliphatic heterocycles. The Kier molecular flexibility index (Phi) is 5.19. The van der Waals surface area contributed by atoms with E-state index in [0.29, 0.717) is 18.8 Å². The number of hydrogen-bond donors (Lipinski definition) is 2. The van der Waals surface area contributed by atoms with Crippen molar-refractivity contribution in [2.75, 3.05) is 11.9 Å². The van der Waals surface area contributed by atoms with Crippen LogP contribution in [-0.2, 0) is 16.0 Å². The second-order valence-electron chi connectivity index (χ2n) is 4.81. The van der Waals surface area contributed by atoms with Crippen LogP contribution in [0.3, 0.4) is 0 Å². The molecule has 2 N–H and O–H groups in total. The fraction of sp³-hybridized carbons (Fsp3) is 0.188. The quantitative estimate of drug-likeness (QED) is 0.846. The molecule has 0 fully saturated rings. The molecular weight excluding hydrogens is 285 g/mol. The largest absolute Gasteiger partial charge is 0.347 e. The Balaban J connectivity index is 1.77. The van der Waals surface area contributed by atoms with Gasteiger partial charge in [-0.1, -0.05) is 18.2 Å². The van der Waals surface area contributed by atoms with E-state index in [1.807, 2.05) is 6.92 Å². The Morgan fingerprint density at radius 3 is 2.45 bits per heavy atom. The van der Waals surface area contributed by atoms with Gasteiger partial charge in [0.15, 0.2) is 0 Å². The van der Waals surface area contributed by atoms with Crippen LogP contribution in [0, 0.1) is 12.7 Å². The number of rotatable bonds is 4. The third-order valence-electron chi connectivity index (χ3n) is 2.97. The van der Waals surface area contributed by atoms with E-state index >= 15 is 0 Å². The number of nitrogens with zero attached hydrogens (tertiary/aromatic N) is 1. The second-order valence-corrected chi connectivity index (χ2v) is 4.81. The number of anilines is 1. The van der Waals surface area contributed by atoms with Crippen molar-refractivity contribution in [2.45, 2.75) is 13.3 Å². The number of pyridine rings is 1. The standard InChI is InChI=1S/C16H16FN3O2/c1-11-2-7-14(19-10-11)20-16(22)15(21)18-9-8-12-3-5-13(17)6-4-12/h2-7,10H,8-9H2,1H3,(H,18,21)(H,19,20,22). The third kappa shape index (κ3) is 4.66. The van der Waals surface area contributed by atoms with Gasteiger partial charge in [-0.2, -0.15) is 0 Å². The lowest BCUT2D eigenvalue weighted by atomic mass is 10.1. The molecule has 2 amide bonds. The first-order valence-corrected chi connectivity index (χ1v) is 6.81. The monoisotopic (exact) mass is 301 g/mol. The molecule has 0 radical (unpaired) electrons. The topological polar surface area (TPSA) is 71.1 Å². The Bertz CT molecular complexity index is 654. The van der Waals surface area contributed by atoms with Crippen molar-refractivity contribution in [3.05, 3.63) is 59.5 Å². The first-order chi connectivity index (χ1) is 10.5. The van der Waals surface area contributed by atoms with Crippen LogP contribution in [0.25, 0.3) is 0 Å². The van der Waals surface area contributed by atoms with Gasteiger partial charge in [0, 0.05) is 12.7 Å². The summed E-state index contributed by atoms with van der Waals surface area (Å²) < 4.78 is 12.7. The van der Waals surface area contributed by atoms with E-state index in [1.54, 1.807) is 30.5 Å². The van der Waals surface area contributed by atoms with Crippen molar-refractivity contribution in [1.82, 2.24) is 10.3 Å². The zero-order valence-electron chi connectivity index (χ0n) is 12.1. The minimum absolute atomic E-state index is 0.291. The van der Waals surface area contributed by atoms with Gasteiger partial charge in [0.2, 0.25) is 0 Å². The molecule has 1 aromatic carbocycles. The molecule has 0 spiro atoms. The molecule has 1 heterocycles. The number of aryl methyl sites for hydroxylation is 1. The zero-order chi connectivity index (χ0) is 15.9. The minimum atomic E-state index is -0.768. The highest BCUT2D eigenvalue weighted by Crippen LogP contribution is 2.04. The molecule has 2 aromatic rings. The van der Waals surface area contributed by atoms with Crippen LogP contribution in [0.2, 0.25) is 0 Å². The van der Waals surface area contributed by atoms with E-state index < -0.39 is 11.8 Å². The lowest BCUT2D eigenvalue weighted by Gasteiger charge is -2.06. The number of carbonyl (C=O) groups is 2. The average molecular weight is 301 g/mol. The van der Waals surface area contributed by atoms with Gasteiger partial charge in [0.1, 0.15) is 11.6 Å². The third-order valence-corrected chi connectivity index (χ3v) is 2.97. The maximum atomic E-state index is 12.7. The predicted octanol–water partition coefficient (Wildman–Crippen LogP) is 1.83. The van der Waals surface area contributed by atoms with Crippen LogP contribution in [0.1, 0.15) is 11.1 Å². The average Bonchev–Trinajstić information content (AvgIpc) is 2.51. The molecular formula is C16H16FN3O2. The number of benzene rings is 1. The highest BCUT2D eigenvalue weighted by Gasteiger charge is 2.13. The summed E-state index contributed by atoms with van der Waals surface area (Å²) in [5.74, 6) is -1.48. The number of hydrogen-bond acceptors (Lipinski definition) is 3. The van der Waals surface area contributed by atoms with Gasteiger partial charge in [-0.15, -0.1) is 0 Å². The van der Waals surface area contributed by atoms with Gasteiger partial charge < -0.3 is 10.6 Å². The molecule has 0 aliphatic carbocycles. The zero-order valence-corrected chi connectivity index (χ0v) is 12.1. The van der Waals surface area contributed by atoms with Gasteiger partial charge in [-0.05, 0) is 42.7 Å². The summed E-state index contributed by atoms with van der Waals surface area (Å²) in [6, 6.07) is 9.39. The summed E-state index contributed by atoms with van der Waals surface area (Å²) in [6.07, 6.45) is 2.12. The van der Waals surface area contributed by atoms with Crippen LogP contribution in [0.5, 0.6) is 0 Å². The number of aromatic nitrogens is 1. The van der Waals surface area contributed by atoms with E-state index in [9.17, 15) is 14.0 Å². The summed E-state index contributed by atoms with van der Waals surface area (Å²) in [7, 11) is 0. The normalized spacial score (nSPS) is 10.1. The number of halogens is 1. The molecule has 1 aromatic heterocycles. The maximum Gasteiger partial charge on any atom is 0.314 e. The Labute approximate surface area is 127 Å². The van der Waals surface area contributed by atoms with Crippen LogP contribution in [0.15, 0.2) is 42.6 Å². The van der Waals surface area contributed by atoms with Crippen molar-refractivity contribution in [3.8, 4) is 0 Å². The minimum Gasteiger partial charge on any atom is -0.347 e. The smallest absolute Gasteiger partial charge is 0.314 e. The molecule has 0 unspecified atom stereocenters. The van der Waals surface area contributed by atoms with Crippen molar-refractivity contribution in [1.29, 1.82) is 0 Å². The van der Waals surface area contributed by atoms with Crippen molar-refractivity contribution < 1.29 is 14.0 Å². The lowest BCUT2D eigenvalue weighted by Crippen LogP contribution is -2.36. The summed E-state index contributed by atoms with van der Waals surface area (Å²) >= 11 is 0. The molecule has 114 valence electrons. The summed E-state index contributed by atoms with van der Waals surface area (Å²) in [4.78, 5) is 27.3. The van der Waals surface area contributed by atoms with Crippen LogP contribution in [-0.4, -0.2) is 23.3 Å². The molecule has 2 rings (SSSR count). The first-order valence-electron chi connectivity index (χ1n) is 6.81. The van der Waals surface area contributed by atoms with Crippen LogP contribution < -0.4 is 10.6 Å². The highest BCUT2D eigenvalue weighted by molar-refractivity contribution is 6.39. The molecule has 0 saturated heterocycles. The van der Waals surface area contributed by atoms with Crippen molar-refractivity contribution in [3.63, 3.8) is 0 Å². The Morgan fingerprint density at radius 1 is 1.09 bits per heavy atom. The van der Waals surface area contributed by atoms with Gasteiger partial charge in [0.25, 0.3) is 0 Å². The van der Waals surface area contributed by atoms with Gasteiger partial charge in [0.05, 0.1) is 0 Å². The van der Waals surface area contributed by atoms with Crippen LogP contribution >= 0.6 is 0 Å². The van der Waals surface area contributed by atoms with Gasteiger partial charge >= 0.3 is 11.8 Å². The Morgan fingerprint density at radius 2 is 1.82 bits per heavy atom. The highest BCUT2D eigenvalue weighted by atomic mass is 19.1. The molecule has 0 atom stereocenters. The van der Waals surface area contributed by atoms with E-state index in [0.717, 1.165) is 11.1 Å². The molecule has 0 bridgehead atoms. The predicted molar refractivity (Wildman–Crippen MR) is 80.7 cm³/mol. The fourth-order valence-electron chi connectivity index (χ4n) is 1.77. The van der Waals surface area contributed by atoms with Crippen molar-refractivity contribution in [2.24, 2.45) is 0 Å². The lowest BCUT2D eigenvalue weighted by molar-refractivity contribution is -0.136. The number of carbonyl (C=O) groups excluding carboxylic acids is 2. The molecule has 0 saturated carbocycles. The molecule has 0 aliphatic rings. The van der Waals surface area contributed by atoms with E-state index in [2.05, 4.69) is 15.6 Å². The maximum absolute atomic E-state index is 12.7.